The van der Waals surface area contributed by atoms with Gasteiger partial charge >= 0.3 is 6.03 Å². The predicted molar refractivity (Wildman–Crippen MR) is 156 cm³/mol. The van der Waals surface area contributed by atoms with Crippen molar-refractivity contribution in [2.75, 3.05) is 59.4 Å². The van der Waals surface area contributed by atoms with Gasteiger partial charge in [0.15, 0.2) is 0 Å². The van der Waals surface area contributed by atoms with E-state index < -0.39 is 0 Å². The van der Waals surface area contributed by atoms with Crippen LogP contribution < -0.4 is 5.32 Å². The van der Waals surface area contributed by atoms with Crippen LogP contribution in [0.3, 0.4) is 0 Å². The van der Waals surface area contributed by atoms with Crippen LogP contribution in [0, 0.1) is 0 Å². The number of benzene rings is 1. The van der Waals surface area contributed by atoms with Crippen LogP contribution in [0.5, 0.6) is 0 Å². The maximum absolute atomic E-state index is 12.9. The molecule has 204 valence electrons. The molecule has 0 spiro atoms. The van der Waals surface area contributed by atoms with Gasteiger partial charge in [0, 0.05) is 62.6 Å². The van der Waals surface area contributed by atoms with Crippen molar-refractivity contribution < 1.29 is 4.79 Å². The van der Waals surface area contributed by atoms with Crippen molar-refractivity contribution in [3.05, 3.63) is 69.5 Å². The van der Waals surface area contributed by atoms with E-state index in [1.54, 1.807) is 0 Å². The van der Waals surface area contributed by atoms with Crippen molar-refractivity contribution in [1.29, 1.82) is 0 Å². The number of aryl methyl sites for hydroxylation is 2. The number of rotatable bonds is 7. The van der Waals surface area contributed by atoms with E-state index in [-0.39, 0.29) is 6.03 Å². The summed E-state index contributed by atoms with van der Waals surface area (Å²) in [6, 6.07) is 10.6. The summed E-state index contributed by atoms with van der Waals surface area (Å²) in [5, 5.41) is 3.95. The normalized spacial score (nSPS) is 18.6. The van der Waals surface area contributed by atoms with Crippen molar-refractivity contribution in [2.24, 2.45) is 0 Å². The van der Waals surface area contributed by atoms with Gasteiger partial charge in [0.2, 0.25) is 0 Å². The van der Waals surface area contributed by atoms with Gasteiger partial charge in [-0.1, -0.05) is 42.1 Å². The van der Waals surface area contributed by atoms with Crippen LogP contribution in [0.4, 0.5) is 4.79 Å². The summed E-state index contributed by atoms with van der Waals surface area (Å²) in [5.41, 5.74) is 7.62. The lowest BCUT2D eigenvalue weighted by Crippen LogP contribution is -2.44. The second-order valence-electron chi connectivity index (χ2n) is 11.1. The van der Waals surface area contributed by atoms with Gasteiger partial charge in [-0.3, -0.25) is 4.98 Å². The lowest BCUT2D eigenvalue weighted by atomic mass is 9.88. The Hall–Kier alpha value is -2.41. The Kier molecular flexibility index (Phi) is 9.36. The summed E-state index contributed by atoms with van der Waals surface area (Å²) in [6.07, 6.45) is 10.3. The van der Waals surface area contributed by atoms with Crippen LogP contribution in [-0.4, -0.2) is 85.1 Å². The van der Waals surface area contributed by atoms with Gasteiger partial charge in [0.1, 0.15) is 0 Å². The summed E-state index contributed by atoms with van der Waals surface area (Å²) >= 11 is 6.36. The number of piperidine rings is 1. The number of nitrogens with one attached hydrogen (secondary N) is 1. The molecule has 2 aliphatic heterocycles. The highest BCUT2D eigenvalue weighted by molar-refractivity contribution is 6.30. The van der Waals surface area contributed by atoms with Crippen LogP contribution in [0.25, 0.3) is 5.57 Å². The number of nitrogens with zero attached hydrogens (tertiary/aromatic N) is 4. The fourth-order valence-electron chi connectivity index (χ4n) is 6.06. The Labute approximate surface area is 233 Å². The number of urea groups is 1. The number of carbonyl (C=O) groups is 1. The lowest BCUT2D eigenvalue weighted by Gasteiger charge is -2.32. The molecule has 0 unspecified atom stereocenters. The number of unbranched alkanes of at least 4 members (excludes halogenated alkanes) is 3. The smallest absolute Gasteiger partial charge is 0.317 e. The second kappa shape index (κ2) is 13.1. The van der Waals surface area contributed by atoms with Crippen LogP contribution in [0.15, 0.2) is 42.1 Å². The van der Waals surface area contributed by atoms with E-state index >= 15 is 0 Å². The molecule has 2 fully saturated rings. The zero-order valence-corrected chi connectivity index (χ0v) is 23.6. The summed E-state index contributed by atoms with van der Waals surface area (Å²) < 4.78 is 0. The average molecular weight is 536 g/mol. The number of halogens is 1. The fourth-order valence-corrected chi connectivity index (χ4v) is 6.25. The van der Waals surface area contributed by atoms with Gasteiger partial charge in [0.25, 0.3) is 0 Å². The second-order valence-corrected chi connectivity index (χ2v) is 11.5. The molecule has 3 aliphatic rings. The van der Waals surface area contributed by atoms with Gasteiger partial charge in [-0.15, -0.1) is 0 Å². The maximum Gasteiger partial charge on any atom is 0.317 e. The number of carbonyl (C=O) groups excluding carboxylic acids is 1. The van der Waals surface area contributed by atoms with E-state index in [4.69, 9.17) is 16.6 Å². The zero-order chi connectivity index (χ0) is 26.3. The average Bonchev–Trinajstić information content (AvgIpc) is 3.10. The molecule has 1 aromatic carbocycles. The number of piperazine rings is 1. The van der Waals surface area contributed by atoms with Crippen LogP contribution in [-0.2, 0) is 12.8 Å². The number of likely N-dealkylation sites (N-methyl/N-ethyl adjacent to an activating group) is 1. The number of pyridine rings is 1. The van der Waals surface area contributed by atoms with Gasteiger partial charge in [0.05, 0.1) is 5.69 Å². The molecule has 0 bridgehead atoms. The van der Waals surface area contributed by atoms with Crippen molar-refractivity contribution in [3.63, 3.8) is 0 Å². The zero-order valence-electron chi connectivity index (χ0n) is 22.9. The summed E-state index contributed by atoms with van der Waals surface area (Å²) in [6.45, 7) is 8.25. The van der Waals surface area contributed by atoms with Gasteiger partial charge < -0.3 is 20.0 Å². The van der Waals surface area contributed by atoms with E-state index in [1.165, 1.54) is 79.8 Å². The van der Waals surface area contributed by atoms with Crippen LogP contribution in [0.2, 0.25) is 5.02 Å². The highest BCUT2D eigenvalue weighted by Gasteiger charge is 2.26. The number of aromatic nitrogens is 1. The van der Waals surface area contributed by atoms with E-state index in [2.05, 4.69) is 40.4 Å². The topological polar surface area (TPSA) is 51.7 Å². The molecule has 3 heterocycles. The summed E-state index contributed by atoms with van der Waals surface area (Å²) in [5.74, 6) is 0. The molecule has 7 heteroatoms. The molecule has 1 N–H and O–H groups in total. The number of likely N-dealkylation sites (tertiary alicyclic amines) is 1. The molecule has 2 saturated heterocycles. The Balaban J connectivity index is 1.10. The number of amides is 2. The van der Waals surface area contributed by atoms with Crippen molar-refractivity contribution in [3.8, 4) is 0 Å². The molecule has 38 heavy (non-hydrogen) atoms. The highest BCUT2D eigenvalue weighted by Crippen LogP contribution is 2.38. The van der Waals surface area contributed by atoms with Crippen molar-refractivity contribution >= 4 is 23.2 Å². The minimum atomic E-state index is 0.0815. The highest BCUT2D eigenvalue weighted by atomic mass is 35.5. The first-order chi connectivity index (χ1) is 18.6. The Morgan fingerprint density at radius 1 is 0.921 bits per heavy atom. The Morgan fingerprint density at radius 3 is 2.50 bits per heavy atom. The molecular formula is C31H42ClN5O. The molecule has 0 radical (unpaired) electrons. The van der Waals surface area contributed by atoms with E-state index in [0.717, 1.165) is 62.5 Å². The third-order valence-corrected chi connectivity index (χ3v) is 8.64. The Bertz CT molecular complexity index is 1130. The fraction of sp³-hybridized carbons (Fsp3) is 0.548. The van der Waals surface area contributed by atoms with Crippen LogP contribution >= 0.6 is 11.6 Å². The first-order valence-electron chi connectivity index (χ1n) is 14.5. The molecule has 1 aliphatic carbocycles. The molecule has 0 atom stereocenters. The van der Waals surface area contributed by atoms with Gasteiger partial charge in [-0.05, 0) is 87.0 Å². The molecular weight excluding hydrogens is 494 g/mol. The van der Waals surface area contributed by atoms with E-state index in [1.807, 2.05) is 23.2 Å². The number of fused-ring (bicyclic) bond motifs is 2. The minimum Gasteiger partial charge on any atom is -0.338 e. The standard InChI is InChI=1S/C31H42ClN5O/c1-35-19-21-36(22-20-35)16-5-3-2-4-14-34-31(38)37-17-12-24(13-18-37)29-28-11-10-27(32)23-26(28)9-8-25-7-6-15-33-30(25)29/h6-7,10-11,15,23H,2-5,8-9,12-14,16-22H2,1H3,(H,34,38). The Morgan fingerprint density at radius 2 is 1.68 bits per heavy atom. The first-order valence-corrected chi connectivity index (χ1v) is 14.8. The van der Waals surface area contributed by atoms with Crippen LogP contribution in [0.1, 0.15) is 60.9 Å². The minimum absolute atomic E-state index is 0.0815. The number of hydrogen-bond acceptors (Lipinski definition) is 4. The summed E-state index contributed by atoms with van der Waals surface area (Å²) in [7, 11) is 2.20. The monoisotopic (exact) mass is 535 g/mol. The molecule has 6 nitrogen and oxygen atoms in total. The SMILES string of the molecule is CN1CCN(CCCCCCNC(=O)N2CCC(=C3c4ccc(Cl)cc4CCc4cccnc43)CC2)CC1. The molecule has 2 aromatic rings. The third kappa shape index (κ3) is 6.77. The molecule has 1 aromatic heterocycles. The quantitative estimate of drug-likeness (QED) is 0.492. The molecule has 2 amide bonds. The maximum atomic E-state index is 12.9. The first kappa shape index (κ1) is 27.2. The van der Waals surface area contributed by atoms with Gasteiger partial charge in [-0.25, -0.2) is 4.79 Å². The number of hydrogen-bond donors (Lipinski definition) is 1. The third-order valence-electron chi connectivity index (χ3n) is 8.41. The van der Waals surface area contributed by atoms with E-state index in [9.17, 15) is 4.79 Å². The van der Waals surface area contributed by atoms with Crippen molar-refractivity contribution in [2.45, 2.75) is 51.4 Å². The largest absolute Gasteiger partial charge is 0.338 e. The lowest BCUT2D eigenvalue weighted by molar-refractivity contribution is 0.152. The van der Waals surface area contributed by atoms with Gasteiger partial charge in [-0.2, -0.15) is 0 Å². The van der Waals surface area contributed by atoms with E-state index in [0.29, 0.717) is 0 Å². The summed E-state index contributed by atoms with van der Waals surface area (Å²) in [4.78, 5) is 24.6. The predicted octanol–water partition coefficient (Wildman–Crippen LogP) is 5.25. The van der Waals surface area contributed by atoms with Crippen molar-refractivity contribution in [1.82, 2.24) is 25.0 Å². The molecule has 0 saturated carbocycles. The molecule has 5 rings (SSSR count).